The summed E-state index contributed by atoms with van der Waals surface area (Å²) in [7, 11) is 0. The molecule has 4 rings (SSSR count). The Hall–Kier alpha value is -4.32. The molecule has 37 heavy (non-hydrogen) atoms. The number of alkyl halides is 3. The van der Waals surface area contributed by atoms with Crippen molar-refractivity contribution in [2.75, 3.05) is 13.2 Å². The molecule has 0 N–H and O–H groups in total. The molecule has 3 aromatic carbocycles. The number of hydrogen-bond acceptors (Lipinski definition) is 7. The highest BCUT2D eigenvalue weighted by molar-refractivity contribution is 8.18. The Morgan fingerprint density at radius 2 is 1.70 bits per heavy atom. The van der Waals surface area contributed by atoms with E-state index in [4.69, 9.17) is 9.47 Å². The molecule has 0 atom stereocenters. The number of ether oxygens (including phenoxy) is 2. The Labute approximate surface area is 212 Å². The Kier molecular flexibility index (Phi) is 7.48. The zero-order valence-corrected chi connectivity index (χ0v) is 19.6. The molecule has 0 radical (unpaired) electrons. The van der Waals surface area contributed by atoms with Gasteiger partial charge in [0.25, 0.3) is 11.1 Å². The zero-order valence-electron chi connectivity index (χ0n) is 18.8. The van der Waals surface area contributed by atoms with Crippen LogP contribution in [0.5, 0.6) is 17.2 Å². The van der Waals surface area contributed by atoms with Crippen molar-refractivity contribution in [3.05, 3.63) is 98.9 Å². The van der Waals surface area contributed by atoms with Gasteiger partial charge in [0, 0.05) is 6.07 Å². The summed E-state index contributed by atoms with van der Waals surface area (Å²) in [4.78, 5) is 36.6. The van der Waals surface area contributed by atoms with Crippen molar-refractivity contribution >= 4 is 34.7 Å². The molecule has 1 aliphatic heterocycles. The number of benzene rings is 3. The molecule has 1 heterocycles. The Bertz CT molecular complexity index is 1380. The lowest BCUT2D eigenvalue weighted by Gasteiger charge is -2.13. The van der Waals surface area contributed by atoms with Crippen LogP contribution in [0.1, 0.15) is 11.1 Å². The number of nitro groups is 1. The maximum absolute atomic E-state index is 12.9. The lowest BCUT2D eigenvalue weighted by atomic mass is 10.1. The number of imide groups is 1. The minimum atomic E-state index is -4.75. The second-order valence-electron chi connectivity index (χ2n) is 7.61. The molecule has 190 valence electrons. The number of carbonyl (C=O) groups is 2. The predicted octanol–water partition coefficient (Wildman–Crippen LogP) is 6.52. The Morgan fingerprint density at radius 1 is 0.973 bits per heavy atom. The number of nitro benzene ring substituents is 1. The third-order valence-electron chi connectivity index (χ3n) is 5.07. The molecule has 1 aliphatic rings. The molecule has 8 nitrogen and oxygen atoms in total. The van der Waals surface area contributed by atoms with Gasteiger partial charge in [-0.3, -0.25) is 24.6 Å². The van der Waals surface area contributed by atoms with E-state index in [1.807, 2.05) is 6.07 Å². The number of amides is 2. The van der Waals surface area contributed by atoms with Gasteiger partial charge in [-0.1, -0.05) is 30.3 Å². The first kappa shape index (κ1) is 25.8. The standard InChI is InChI=1S/C25H17F3N2O6S/c26-25(27,28)17-9-10-21(20(15-17)30(33)34)36-19-8-4-5-16(13-19)14-22-23(31)29(24(32)37-22)11-12-35-18-6-2-1-3-7-18/h1-10,13-15H,11-12H2/b22-14-. The summed E-state index contributed by atoms with van der Waals surface area (Å²) in [6, 6.07) is 16.9. The van der Waals surface area contributed by atoms with E-state index < -0.39 is 33.5 Å². The van der Waals surface area contributed by atoms with E-state index in [1.165, 1.54) is 24.3 Å². The van der Waals surface area contributed by atoms with Gasteiger partial charge in [0.15, 0.2) is 0 Å². The average molecular weight is 530 g/mol. The van der Waals surface area contributed by atoms with Crippen LogP contribution < -0.4 is 9.47 Å². The van der Waals surface area contributed by atoms with E-state index in [1.54, 1.807) is 30.3 Å². The summed E-state index contributed by atoms with van der Waals surface area (Å²) in [6.07, 6.45) is -3.29. The highest BCUT2D eigenvalue weighted by Crippen LogP contribution is 2.38. The van der Waals surface area contributed by atoms with Crippen LogP contribution in [0.4, 0.5) is 23.7 Å². The number of hydrogen-bond donors (Lipinski definition) is 0. The van der Waals surface area contributed by atoms with E-state index in [2.05, 4.69) is 0 Å². The fourth-order valence-corrected chi connectivity index (χ4v) is 4.20. The molecule has 0 spiro atoms. The summed E-state index contributed by atoms with van der Waals surface area (Å²) in [6.45, 7) is 0.169. The van der Waals surface area contributed by atoms with Crippen molar-refractivity contribution in [1.29, 1.82) is 0 Å². The molecule has 2 amide bonds. The van der Waals surface area contributed by atoms with Crippen LogP contribution in [-0.4, -0.2) is 34.1 Å². The fourth-order valence-electron chi connectivity index (χ4n) is 3.33. The molecule has 3 aromatic rings. The van der Waals surface area contributed by atoms with E-state index in [9.17, 15) is 32.9 Å². The molecular weight excluding hydrogens is 513 g/mol. The number of para-hydroxylation sites is 1. The quantitative estimate of drug-likeness (QED) is 0.186. The largest absolute Gasteiger partial charge is 0.492 e. The van der Waals surface area contributed by atoms with E-state index >= 15 is 0 Å². The van der Waals surface area contributed by atoms with Gasteiger partial charge < -0.3 is 9.47 Å². The molecule has 0 aliphatic carbocycles. The van der Waals surface area contributed by atoms with Gasteiger partial charge in [0.05, 0.1) is 21.9 Å². The average Bonchev–Trinajstić information content (AvgIpc) is 3.11. The number of nitrogens with zero attached hydrogens (tertiary/aromatic N) is 2. The lowest BCUT2D eigenvalue weighted by molar-refractivity contribution is -0.385. The van der Waals surface area contributed by atoms with Gasteiger partial charge in [0.1, 0.15) is 18.1 Å². The summed E-state index contributed by atoms with van der Waals surface area (Å²) in [5.41, 5.74) is -1.58. The fraction of sp³-hybridized carbons (Fsp3) is 0.120. The van der Waals surface area contributed by atoms with Crippen LogP contribution >= 0.6 is 11.8 Å². The third-order valence-corrected chi connectivity index (χ3v) is 5.97. The van der Waals surface area contributed by atoms with Gasteiger partial charge >= 0.3 is 11.9 Å². The van der Waals surface area contributed by atoms with Crippen LogP contribution in [0.2, 0.25) is 0 Å². The second-order valence-corrected chi connectivity index (χ2v) is 8.60. The minimum absolute atomic E-state index is 0.0532. The molecule has 0 saturated carbocycles. The lowest BCUT2D eigenvalue weighted by Crippen LogP contribution is -2.32. The van der Waals surface area contributed by atoms with Crippen molar-refractivity contribution in [2.45, 2.75) is 6.18 Å². The monoisotopic (exact) mass is 530 g/mol. The second kappa shape index (κ2) is 10.7. The molecule has 0 bridgehead atoms. The van der Waals surface area contributed by atoms with E-state index in [0.717, 1.165) is 22.7 Å². The van der Waals surface area contributed by atoms with Gasteiger partial charge in [-0.25, -0.2) is 0 Å². The van der Waals surface area contributed by atoms with Crippen LogP contribution in [0, 0.1) is 10.1 Å². The molecule has 0 aromatic heterocycles. The molecule has 1 fully saturated rings. The molecule has 1 saturated heterocycles. The third kappa shape index (κ3) is 6.28. The maximum Gasteiger partial charge on any atom is 0.416 e. The van der Waals surface area contributed by atoms with Crippen LogP contribution in [0.15, 0.2) is 77.7 Å². The number of carbonyl (C=O) groups excluding carboxylic acids is 2. The summed E-state index contributed by atoms with van der Waals surface area (Å²) in [5.74, 6) is -0.188. The topological polar surface area (TPSA) is 99.0 Å². The van der Waals surface area contributed by atoms with Crippen LogP contribution in [0.3, 0.4) is 0 Å². The Morgan fingerprint density at radius 3 is 2.41 bits per heavy atom. The highest BCUT2D eigenvalue weighted by Gasteiger charge is 2.35. The van der Waals surface area contributed by atoms with Crippen LogP contribution in [-0.2, 0) is 11.0 Å². The van der Waals surface area contributed by atoms with E-state index in [0.29, 0.717) is 23.4 Å². The first-order valence-electron chi connectivity index (χ1n) is 10.7. The molecule has 0 unspecified atom stereocenters. The van der Waals surface area contributed by atoms with Crippen molar-refractivity contribution in [3.8, 4) is 17.2 Å². The first-order valence-corrected chi connectivity index (χ1v) is 11.5. The summed E-state index contributed by atoms with van der Waals surface area (Å²) >= 11 is 0.749. The minimum Gasteiger partial charge on any atom is -0.492 e. The summed E-state index contributed by atoms with van der Waals surface area (Å²) in [5, 5.41) is 10.8. The highest BCUT2D eigenvalue weighted by atomic mass is 32.2. The number of halogens is 3. The van der Waals surface area contributed by atoms with Gasteiger partial charge in [0.2, 0.25) is 5.75 Å². The predicted molar refractivity (Wildman–Crippen MR) is 129 cm³/mol. The normalized spacial score (nSPS) is 14.8. The molecular formula is C25H17F3N2O6S. The zero-order chi connectivity index (χ0) is 26.6. The number of rotatable bonds is 8. The summed E-state index contributed by atoms with van der Waals surface area (Å²) < 4.78 is 49.8. The maximum atomic E-state index is 12.9. The van der Waals surface area contributed by atoms with Crippen molar-refractivity contribution in [1.82, 2.24) is 4.90 Å². The Balaban J connectivity index is 1.47. The van der Waals surface area contributed by atoms with Crippen molar-refractivity contribution in [2.24, 2.45) is 0 Å². The van der Waals surface area contributed by atoms with E-state index in [-0.39, 0.29) is 29.6 Å². The van der Waals surface area contributed by atoms with Crippen LogP contribution in [0.25, 0.3) is 6.08 Å². The van der Waals surface area contributed by atoms with Gasteiger partial charge in [-0.05, 0) is 59.8 Å². The number of thioether (sulfide) groups is 1. The van der Waals surface area contributed by atoms with Gasteiger partial charge in [-0.15, -0.1) is 0 Å². The van der Waals surface area contributed by atoms with Crippen molar-refractivity contribution in [3.63, 3.8) is 0 Å². The molecule has 12 heteroatoms. The smallest absolute Gasteiger partial charge is 0.416 e. The SMILES string of the molecule is O=C1S/C(=C\c2cccc(Oc3ccc(C(F)(F)F)cc3[N+](=O)[O-])c2)C(=O)N1CCOc1ccccc1. The van der Waals surface area contributed by atoms with Crippen molar-refractivity contribution < 1.29 is 37.2 Å². The van der Waals surface area contributed by atoms with Gasteiger partial charge in [-0.2, -0.15) is 13.2 Å². The first-order chi connectivity index (χ1) is 17.6.